The highest BCUT2D eigenvalue weighted by atomic mass is 16.6. The van der Waals surface area contributed by atoms with E-state index in [9.17, 15) is 14.9 Å². The maximum Gasteiger partial charge on any atom is 0.320 e. The van der Waals surface area contributed by atoms with Gasteiger partial charge in [-0.2, -0.15) is 15.3 Å². The molecule has 0 atom stereocenters. The first kappa shape index (κ1) is 16.4. The Balaban J connectivity index is 1.72. The fraction of sp³-hybridized carbons (Fsp3) is 0.286. The third kappa shape index (κ3) is 3.39. The summed E-state index contributed by atoms with van der Waals surface area (Å²) in [7, 11) is 1.47. The molecule has 1 N–H and O–H groups in total. The van der Waals surface area contributed by atoms with E-state index in [1.54, 1.807) is 17.1 Å². The largest absolute Gasteiger partial charge is 0.320 e. The number of rotatable bonds is 6. The van der Waals surface area contributed by atoms with Gasteiger partial charge in [0.2, 0.25) is 5.69 Å². The Morgan fingerprint density at radius 2 is 1.96 bits per heavy atom. The summed E-state index contributed by atoms with van der Waals surface area (Å²) in [5, 5.41) is 25.7. The van der Waals surface area contributed by atoms with E-state index in [0.29, 0.717) is 12.2 Å². The lowest BCUT2D eigenvalue weighted by molar-refractivity contribution is -0.385. The molecule has 3 aromatic rings. The summed E-state index contributed by atoms with van der Waals surface area (Å²) >= 11 is 0. The van der Waals surface area contributed by atoms with Crippen molar-refractivity contribution < 1.29 is 9.72 Å². The zero-order valence-corrected chi connectivity index (χ0v) is 13.7. The molecule has 0 unspecified atom stereocenters. The van der Waals surface area contributed by atoms with E-state index in [0.717, 1.165) is 23.0 Å². The summed E-state index contributed by atoms with van der Waals surface area (Å²) in [4.78, 5) is 22.6. The van der Waals surface area contributed by atoms with Gasteiger partial charge >= 0.3 is 5.69 Å². The smallest absolute Gasteiger partial charge is 0.318 e. The Morgan fingerprint density at radius 3 is 2.64 bits per heavy atom. The van der Waals surface area contributed by atoms with Crippen LogP contribution in [0.25, 0.3) is 0 Å². The predicted octanol–water partition coefficient (Wildman–Crippen LogP) is 1.04. The molecule has 25 heavy (non-hydrogen) atoms. The third-order valence-electron chi connectivity index (χ3n) is 3.58. The van der Waals surface area contributed by atoms with Crippen LogP contribution in [0.5, 0.6) is 0 Å². The van der Waals surface area contributed by atoms with Gasteiger partial charge in [0, 0.05) is 31.5 Å². The molecule has 0 aliphatic heterocycles. The van der Waals surface area contributed by atoms with E-state index >= 15 is 0 Å². The number of carbonyl (C=O) groups is 1. The number of hydrogen-bond donors (Lipinski definition) is 1. The molecule has 0 saturated heterocycles. The van der Waals surface area contributed by atoms with Crippen LogP contribution in [0.2, 0.25) is 0 Å². The van der Waals surface area contributed by atoms with Crippen molar-refractivity contribution in [2.24, 2.45) is 7.05 Å². The van der Waals surface area contributed by atoms with Gasteiger partial charge in [0.1, 0.15) is 6.20 Å². The number of aryl methyl sites for hydroxylation is 2. The number of amides is 1. The van der Waals surface area contributed by atoms with Crippen LogP contribution in [0.15, 0.2) is 31.0 Å². The summed E-state index contributed by atoms with van der Waals surface area (Å²) in [6.45, 7) is 3.28. The number of anilines is 1. The Kier molecular flexibility index (Phi) is 4.29. The molecule has 11 heteroatoms. The molecule has 130 valence electrons. The van der Waals surface area contributed by atoms with E-state index in [1.165, 1.54) is 13.2 Å². The molecule has 3 aromatic heterocycles. The number of nitrogens with one attached hydrogen (secondary N) is 1. The first-order chi connectivity index (χ1) is 12.0. The molecule has 0 spiro atoms. The van der Waals surface area contributed by atoms with Gasteiger partial charge < -0.3 is 5.32 Å². The number of hydrogen-bond acceptors (Lipinski definition) is 6. The van der Waals surface area contributed by atoms with Crippen LogP contribution in [0.3, 0.4) is 0 Å². The Hall–Kier alpha value is -3.50. The zero-order chi connectivity index (χ0) is 18.0. The van der Waals surface area contributed by atoms with Crippen molar-refractivity contribution >= 4 is 17.3 Å². The fourth-order valence-corrected chi connectivity index (χ4v) is 2.38. The van der Waals surface area contributed by atoms with Crippen LogP contribution in [-0.4, -0.2) is 40.2 Å². The third-order valence-corrected chi connectivity index (χ3v) is 3.58. The van der Waals surface area contributed by atoms with Crippen molar-refractivity contribution in [1.29, 1.82) is 0 Å². The van der Waals surface area contributed by atoms with Gasteiger partial charge in [-0.05, 0) is 6.92 Å². The minimum atomic E-state index is -0.642. The number of aromatic nitrogens is 6. The highest BCUT2D eigenvalue weighted by Gasteiger charge is 2.25. The lowest BCUT2D eigenvalue weighted by Crippen LogP contribution is -2.17. The van der Waals surface area contributed by atoms with Crippen molar-refractivity contribution in [3.63, 3.8) is 0 Å². The van der Waals surface area contributed by atoms with E-state index in [1.807, 2.05) is 17.8 Å². The average Bonchev–Trinajstić information content (AvgIpc) is 3.28. The Morgan fingerprint density at radius 1 is 1.20 bits per heavy atom. The predicted molar refractivity (Wildman–Crippen MR) is 87.0 cm³/mol. The lowest BCUT2D eigenvalue weighted by Gasteiger charge is -2.02. The number of nitro groups is 1. The summed E-state index contributed by atoms with van der Waals surface area (Å²) in [5.41, 5.74) is 0.940. The monoisotopic (exact) mass is 344 g/mol. The highest BCUT2D eigenvalue weighted by molar-refractivity contribution is 6.05. The van der Waals surface area contributed by atoms with Gasteiger partial charge in [0.05, 0.1) is 29.5 Å². The van der Waals surface area contributed by atoms with Crippen LogP contribution in [0.4, 0.5) is 11.4 Å². The van der Waals surface area contributed by atoms with Gasteiger partial charge in [-0.3, -0.25) is 29.0 Å². The number of carbonyl (C=O) groups excluding carboxylic acids is 1. The van der Waals surface area contributed by atoms with Gasteiger partial charge in [0.15, 0.2) is 0 Å². The maximum absolute atomic E-state index is 12.3. The molecule has 0 bridgehead atoms. The molecular formula is C14H16N8O3. The van der Waals surface area contributed by atoms with Crippen LogP contribution < -0.4 is 5.32 Å². The summed E-state index contributed by atoms with van der Waals surface area (Å²) in [5.74, 6) is -0.620. The van der Waals surface area contributed by atoms with Gasteiger partial charge in [0.25, 0.3) is 5.91 Å². The van der Waals surface area contributed by atoms with E-state index in [4.69, 9.17) is 0 Å². The topological polar surface area (TPSA) is 126 Å². The second-order valence-electron chi connectivity index (χ2n) is 5.34. The van der Waals surface area contributed by atoms with E-state index < -0.39 is 10.8 Å². The Labute approximate surface area is 142 Å². The van der Waals surface area contributed by atoms with Crippen molar-refractivity contribution in [1.82, 2.24) is 29.3 Å². The molecule has 0 aromatic carbocycles. The van der Waals surface area contributed by atoms with Crippen molar-refractivity contribution in [2.75, 3.05) is 5.32 Å². The lowest BCUT2D eigenvalue weighted by atomic mass is 10.3. The van der Waals surface area contributed by atoms with Crippen LogP contribution in [0.1, 0.15) is 23.0 Å². The maximum atomic E-state index is 12.3. The average molecular weight is 344 g/mol. The van der Waals surface area contributed by atoms with Crippen LogP contribution in [-0.2, 0) is 20.1 Å². The molecule has 0 saturated carbocycles. The van der Waals surface area contributed by atoms with Gasteiger partial charge in [-0.15, -0.1) is 0 Å². The number of nitrogens with zero attached hydrogens (tertiary/aromatic N) is 7. The minimum Gasteiger partial charge on any atom is -0.318 e. The van der Waals surface area contributed by atoms with Crippen molar-refractivity contribution in [2.45, 2.75) is 20.0 Å². The molecule has 11 nitrogen and oxygen atoms in total. The molecule has 0 aliphatic rings. The molecule has 3 rings (SSSR count). The fourth-order valence-electron chi connectivity index (χ4n) is 2.38. The van der Waals surface area contributed by atoms with E-state index in [2.05, 4.69) is 20.6 Å². The first-order valence-corrected chi connectivity index (χ1v) is 7.49. The SMILES string of the molecule is CCn1cc(Cn2cc(NC(=O)c3c([N+](=O)[O-])cnn3C)cn2)cn1. The highest BCUT2D eigenvalue weighted by Crippen LogP contribution is 2.18. The molecular weight excluding hydrogens is 328 g/mol. The molecule has 3 heterocycles. The van der Waals surface area contributed by atoms with Crippen molar-refractivity contribution in [3.8, 4) is 0 Å². The molecule has 1 amide bonds. The van der Waals surface area contributed by atoms with E-state index in [-0.39, 0.29) is 11.4 Å². The van der Waals surface area contributed by atoms with Crippen LogP contribution in [0, 0.1) is 10.1 Å². The zero-order valence-electron chi connectivity index (χ0n) is 13.7. The second kappa shape index (κ2) is 6.55. The summed E-state index contributed by atoms with van der Waals surface area (Å²) in [6, 6.07) is 0. The summed E-state index contributed by atoms with van der Waals surface area (Å²) < 4.78 is 4.62. The quantitative estimate of drug-likeness (QED) is 0.526. The Bertz CT molecular complexity index is 922. The standard InChI is InChI=1S/C14H16N8O3/c1-3-20-7-10(4-16-20)8-21-9-11(5-17-21)18-14(23)13-12(22(24)25)6-15-19(13)2/h4-7,9H,3,8H2,1-2H3,(H,18,23). The van der Waals surface area contributed by atoms with Gasteiger partial charge in [-0.1, -0.05) is 0 Å². The van der Waals surface area contributed by atoms with Crippen LogP contribution >= 0.6 is 0 Å². The second-order valence-corrected chi connectivity index (χ2v) is 5.34. The minimum absolute atomic E-state index is 0.123. The summed E-state index contributed by atoms with van der Waals surface area (Å²) in [6.07, 6.45) is 7.83. The van der Waals surface area contributed by atoms with Crippen molar-refractivity contribution in [3.05, 3.63) is 52.4 Å². The normalized spacial score (nSPS) is 10.8. The first-order valence-electron chi connectivity index (χ1n) is 7.49. The molecule has 0 fully saturated rings. The molecule has 0 radical (unpaired) electrons. The van der Waals surface area contributed by atoms with Gasteiger partial charge in [-0.25, -0.2) is 0 Å². The molecule has 0 aliphatic carbocycles.